The smallest absolute Gasteiger partial charge is 0.312 e. The van der Waals surface area contributed by atoms with Crippen LogP contribution in [0.3, 0.4) is 0 Å². The van der Waals surface area contributed by atoms with E-state index in [0.29, 0.717) is 6.54 Å². The van der Waals surface area contributed by atoms with Gasteiger partial charge in [-0.15, -0.1) is 0 Å². The molecule has 0 bridgehead atoms. The van der Waals surface area contributed by atoms with Crippen LogP contribution in [0, 0.1) is 5.92 Å². The van der Waals surface area contributed by atoms with Crippen molar-refractivity contribution < 1.29 is 14.0 Å². The summed E-state index contributed by atoms with van der Waals surface area (Å²) in [6.07, 6.45) is 5.21. The summed E-state index contributed by atoms with van der Waals surface area (Å²) in [5.41, 5.74) is 5.17. The molecule has 2 atom stereocenters. The van der Waals surface area contributed by atoms with Crippen molar-refractivity contribution in [3.8, 4) is 0 Å². The Kier molecular flexibility index (Phi) is 6.66. The van der Waals surface area contributed by atoms with Gasteiger partial charge in [-0.05, 0) is 44.0 Å². The van der Waals surface area contributed by atoms with Gasteiger partial charge < -0.3 is 20.8 Å². The Hall–Kier alpha value is -2.02. The second-order valence-corrected chi connectivity index (χ2v) is 6.60. The molecule has 4 N–H and O–H groups in total. The minimum Gasteiger partial charge on any atom is -0.468 e. The first-order valence-electron chi connectivity index (χ1n) is 8.60. The third kappa shape index (κ3) is 4.99. The molecule has 2 heterocycles. The molecule has 0 radical (unpaired) electrons. The molecule has 7 nitrogen and oxygen atoms in total. The number of nitrogens with one attached hydrogen (secondary N) is 2. The first kappa shape index (κ1) is 18.3. The zero-order chi connectivity index (χ0) is 17.5. The number of carbonyl (C=O) groups is 2. The fourth-order valence-electron chi connectivity index (χ4n) is 3.12. The molecular formula is C17H28N4O3. The number of furan rings is 1. The van der Waals surface area contributed by atoms with Gasteiger partial charge >= 0.3 is 6.03 Å². The lowest BCUT2D eigenvalue weighted by Gasteiger charge is -2.34. The quantitative estimate of drug-likeness (QED) is 0.704. The number of hydrogen-bond acceptors (Lipinski definition) is 4. The minimum atomic E-state index is -0.692. The number of amides is 3. The molecule has 1 fully saturated rings. The summed E-state index contributed by atoms with van der Waals surface area (Å²) in [5, 5.41) is 5.45. The van der Waals surface area contributed by atoms with Crippen molar-refractivity contribution in [2.45, 2.75) is 45.2 Å². The van der Waals surface area contributed by atoms with Crippen molar-refractivity contribution in [2.75, 3.05) is 19.6 Å². The molecule has 0 spiro atoms. The number of carbonyl (C=O) groups excluding carboxylic acids is 2. The molecule has 0 aromatic carbocycles. The summed E-state index contributed by atoms with van der Waals surface area (Å²) in [4.78, 5) is 25.9. The number of nitrogens with two attached hydrogens (primary N) is 1. The number of primary amides is 1. The number of piperidine rings is 1. The van der Waals surface area contributed by atoms with Crippen LogP contribution in [0.5, 0.6) is 0 Å². The molecule has 1 saturated heterocycles. The van der Waals surface area contributed by atoms with Crippen molar-refractivity contribution in [2.24, 2.45) is 11.7 Å². The number of likely N-dealkylation sites (tertiary alicyclic amines) is 1. The molecule has 0 saturated carbocycles. The van der Waals surface area contributed by atoms with E-state index in [4.69, 9.17) is 10.2 Å². The number of nitrogens with zero attached hydrogens (tertiary/aromatic N) is 1. The lowest BCUT2D eigenvalue weighted by Crippen LogP contribution is -2.52. The summed E-state index contributed by atoms with van der Waals surface area (Å²) < 4.78 is 5.57. The molecule has 1 aromatic rings. The van der Waals surface area contributed by atoms with Crippen molar-refractivity contribution in [3.05, 3.63) is 24.2 Å². The Morgan fingerprint density at radius 1 is 1.29 bits per heavy atom. The topological polar surface area (TPSA) is 101 Å². The maximum Gasteiger partial charge on any atom is 0.312 e. The second kappa shape index (κ2) is 8.73. The standard InChI is InChI=1S/C17H28N4O3/c1-12(2)15(20-17(18)23)16(22)19-11-13(14-7-6-10-24-14)21-8-4-3-5-9-21/h6-7,10,12-13,15H,3-5,8-9,11H2,1-2H3,(H,19,22)(H3,18,20,23). The van der Waals surface area contributed by atoms with E-state index in [2.05, 4.69) is 15.5 Å². The maximum atomic E-state index is 12.4. The predicted molar refractivity (Wildman–Crippen MR) is 91.2 cm³/mol. The summed E-state index contributed by atoms with van der Waals surface area (Å²) >= 11 is 0. The first-order chi connectivity index (χ1) is 11.5. The van der Waals surface area contributed by atoms with Gasteiger partial charge in [-0.2, -0.15) is 0 Å². The van der Waals surface area contributed by atoms with E-state index >= 15 is 0 Å². The lowest BCUT2D eigenvalue weighted by molar-refractivity contribution is -0.124. The highest BCUT2D eigenvalue weighted by atomic mass is 16.3. The molecule has 1 aliphatic heterocycles. The van der Waals surface area contributed by atoms with Gasteiger partial charge in [-0.3, -0.25) is 9.69 Å². The first-order valence-corrected chi connectivity index (χ1v) is 8.60. The van der Waals surface area contributed by atoms with Gasteiger partial charge in [-0.25, -0.2) is 4.79 Å². The van der Waals surface area contributed by atoms with Crippen LogP contribution in [0.2, 0.25) is 0 Å². The number of urea groups is 1. The van der Waals surface area contributed by atoms with E-state index < -0.39 is 12.1 Å². The van der Waals surface area contributed by atoms with Crippen LogP contribution in [-0.4, -0.2) is 42.5 Å². The second-order valence-electron chi connectivity index (χ2n) is 6.60. The normalized spacial score (nSPS) is 18.1. The van der Waals surface area contributed by atoms with Gasteiger partial charge in [0.05, 0.1) is 12.3 Å². The van der Waals surface area contributed by atoms with Crippen LogP contribution in [0.1, 0.15) is 44.9 Å². The Morgan fingerprint density at radius 2 is 2.00 bits per heavy atom. The fourth-order valence-corrected chi connectivity index (χ4v) is 3.12. The third-order valence-electron chi connectivity index (χ3n) is 4.42. The summed E-state index contributed by atoms with van der Waals surface area (Å²) in [7, 11) is 0. The average molecular weight is 336 g/mol. The van der Waals surface area contributed by atoms with E-state index in [0.717, 1.165) is 31.7 Å². The largest absolute Gasteiger partial charge is 0.468 e. The van der Waals surface area contributed by atoms with Crippen molar-refractivity contribution in [1.82, 2.24) is 15.5 Å². The van der Waals surface area contributed by atoms with Gasteiger partial charge in [-0.1, -0.05) is 20.3 Å². The van der Waals surface area contributed by atoms with Crippen molar-refractivity contribution >= 4 is 11.9 Å². The van der Waals surface area contributed by atoms with Crippen LogP contribution in [-0.2, 0) is 4.79 Å². The van der Waals surface area contributed by atoms with E-state index in [9.17, 15) is 9.59 Å². The fraction of sp³-hybridized carbons (Fsp3) is 0.647. The molecular weight excluding hydrogens is 308 g/mol. The maximum absolute atomic E-state index is 12.4. The van der Waals surface area contributed by atoms with Crippen molar-refractivity contribution in [3.63, 3.8) is 0 Å². The van der Waals surface area contributed by atoms with Crippen LogP contribution >= 0.6 is 0 Å². The van der Waals surface area contributed by atoms with Gasteiger partial charge in [0.2, 0.25) is 5.91 Å². The van der Waals surface area contributed by atoms with E-state index in [1.165, 1.54) is 6.42 Å². The molecule has 134 valence electrons. The molecule has 1 aromatic heterocycles. The Bertz CT molecular complexity index is 524. The van der Waals surface area contributed by atoms with Gasteiger partial charge in [0, 0.05) is 6.54 Å². The Labute approximate surface area is 142 Å². The van der Waals surface area contributed by atoms with Crippen LogP contribution in [0.15, 0.2) is 22.8 Å². The summed E-state index contributed by atoms with van der Waals surface area (Å²) in [5.74, 6) is 0.577. The van der Waals surface area contributed by atoms with E-state index in [1.807, 2.05) is 26.0 Å². The highest BCUT2D eigenvalue weighted by Gasteiger charge is 2.28. The number of rotatable bonds is 7. The SMILES string of the molecule is CC(C)C(NC(N)=O)C(=O)NCC(c1ccco1)N1CCCCC1. The Balaban J connectivity index is 2.01. The molecule has 2 rings (SSSR count). The van der Waals surface area contributed by atoms with Gasteiger partial charge in [0.25, 0.3) is 0 Å². The van der Waals surface area contributed by atoms with Crippen LogP contribution in [0.25, 0.3) is 0 Å². The number of hydrogen-bond donors (Lipinski definition) is 3. The zero-order valence-electron chi connectivity index (χ0n) is 14.5. The van der Waals surface area contributed by atoms with Crippen molar-refractivity contribution in [1.29, 1.82) is 0 Å². The minimum absolute atomic E-state index is 0.00522. The molecule has 2 unspecified atom stereocenters. The predicted octanol–water partition coefficient (Wildman–Crippen LogP) is 1.62. The highest BCUT2D eigenvalue weighted by molar-refractivity contribution is 5.86. The molecule has 1 aliphatic rings. The zero-order valence-corrected chi connectivity index (χ0v) is 14.5. The Morgan fingerprint density at radius 3 is 2.54 bits per heavy atom. The average Bonchev–Trinajstić information content (AvgIpc) is 3.07. The molecule has 7 heteroatoms. The molecule has 24 heavy (non-hydrogen) atoms. The molecule has 0 aliphatic carbocycles. The van der Waals surface area contributed by atoms with Gasteiger partial charge in [0.15, 0.2) is 0 Å². The van der Waals surface area contributed by atoms with Gasteiger partial charge in [0.1, 0.15) is 11.8 Å². The summed E-state index contributed by atoms with van der Waals surface area (Å²) in [6.45, 7) is 6.17. The monoisotopic (exact) mass is 336 g/mol. The third-order valence-corrected chi connectivity index (χ3v) is 4.42. The van der Waals surface area contributed by atoms with Crippen LogP contribution in [0.4, 0.5) is 4.79 Å². The summed E-state index contributed by atoms with van der Waals surface area (Å²) in [6, 6.07) is 2.47. The van der Waals surface area contributed by atoms with Crippen LogP contribution < -0.4 is 16.4 Å². The highest BCUT2D eigenvalue weighted by Crippen LogP contribution is 2.24. The molecule has 3 amide bonds. The van der Waals surface area contributed by atoms with E-state index in [1.54, 1.807) is 6.26 Å². The van der Waals surface area contributed by atoms with E-state index in [-0.39, 0.29) is 17.9 Å². The lowest BCUT2D eigenvalue weighted by atomic mass is 10.0.